The lowest BCUT2D eigenvalue weighted by molar-refractivity contribution is -0.136. The Kier molecular flexibility index (Phi) is 7.64. The molecule has 0 bridgehead atoms. The molecule has 0 atom stereocenters. The molecule has 0 aliphatic carbocycles. The molecule has 0 radical (unpaired) electrons. The van der Waals surface area contributed by atoms with Crippen LogP contribution in [0.1, 0.15) is 19.4 Å². The van der Waals surface area contributed by atoms with Gasteiger partial charge in [0.05, 0.1) is 13.5 Å². The summed E-state index contributed by atoms with van der Waals surface area (Å²) >= 11 is 3.27. The highest BCUT2D eigenvalue weighted by molar-refractivity contribution is 9.09. The Labute approximate surface area is 105 Å². The first-order valence-electron chi connectivity index (χ1n) is 4.94. The van der Waals surface area contributed by atoms with Crippen molar-refractivity contribution in [3.63, 3.8) is 0 Å². The second-order valence-corrected chi connectivity index (χ2v) is 5.26. The predicted molar refractivity (Wildman–Crippen MR) is 68.4 cm³/mol. The molecule has 0 saturated heterocycles. The van der Waals surface area contributed by atoms with Crippen molar-refractivity contribution in [3.8, 4) is 5.75 Å². The number of carboxylic acids is 1. The Hall–Kier alpha value is -1.03. The van der Waals surface area contributed by atoms with E-state index in [1.54, 1.807) is 31.4 Å². The number of alkyl halides is 1. The average Bonchev–Trinajstić information content (AvgIpc) is 2.17. The van der Waals surface area contributed by atoms with Gasteiger partial charge in [-0.15, -0.1) is 0 Å². The number of benzene rings is 1. The van der Waals surface area contributed by atoms with Gasteiger partial charge in [0.15, 0.2) is 0 Å². The van der Waals surface area contributed by atoms with Gasteiger partial charge < -0.3 is 9.84 Å². The third kappa shape index (κ3) is 8.29. The van der Waals surface area contributed by atoms with E-state index in [1.165, 1.54) is 0 Å². The van der Waals surface area contributed by atoms with Crippen LogP contribution in [0.3, 0.4) is 0 Å². The summed E-state index contributed by atoms with van der Waals surface area (Å²) in [4.78, 5) is 10.9. The first kappa shape index (κ1) is 15.0. The Morgan fingerprint density at radius 3 is 2.12 bits per heavy atom. The van der Waals surface area contributed by atoms with Crippen LogP contribution in [0.2, 0.25) is 0 Å². The molecule has 16 heavy (non-hydrogen) atoms. The Bertz CT molecular complexity index is 304. The minimum Gasteiger partial charge on any atom is -0.497 e. The summed E-state index contributed by atoms with van der Waals surface area (Å²) in [6.07, 6.45) is 0.0595. The summed E-state index contributed by atoms with van der Waals surface area (Å²) in [7, 11) is 1.58. The average molecular weight is 289 g/mol. The molecule has 0 aliphatic heterocycles. The zero-order valence-corrected chi connectivity index (χ0v) is 11.3. The number of rotatable bonds is 3. The standard InChI is InChI=1S/C9H10O3.C3H7Br/c1-12-8-4-2-7(3-5-8)6-9(10)11;1-3(2)4/h2-5H,6H2,1H3,(H,10,11);3H,1-2H3. The fourth-order valence-corrected chi connectivity index (χ4v) is 0.918. The van der Waals surface area contributed by atoms with Crippen LogP contribution in [0.25, 0.3) is 0 Å². The summed E-state index contributed by atoms with van der Waals surface area (Å²) in [5, 5.41) is 8.46. The molecular formula is C12H17BrO3. The second kappa shape index (κ2) is 8.16. The quantitative estimate of drug-likeness (QED) is 0.870. The first-order valence-corrected chi connectivity index (χ1v) is 5.86. The molecule has 1 aromatic carbocycles. The fraction of sp³-hybridized carbons (Fsp3) is 0.417. The topological polar surface area (TPSA) is 46.5 Å². The normalized spacial score (nSPS) is 9.31. The van der Waals surface area contributed by atoms with Gasteiger partial charge in [0.25, 0.3) is 0 Å². The van der Waals surface area contributed by atoms with Crippen LogP contribution >= 0.6 is 15.9 Å². The summed E-state index contributed by atoms with van der Waals surface area (Å²) in [6, 6.07) is 6.98. The molecule has 0 heterocycles. The van der Waals surface area contributed by atoms with E-state index in [2.05, 4.69) is 29.8 Å². The molecule has 0 aromatic heterocycles. The molecule has 1 rings (SSSR count). The van der Waals surface area contributed by atoms with Gasteiger partial charge >= 0.3 is 5.97 Å². The Morgan fingerprint density at radius 1 is 1.38 bits per heavy atom. The molecule has 90 valence electrons. The fourth-order valence-electron chi connectivity index (χ4n) is 0.918. The molecule has 1 N–H and O–H groups in total. The maximum absolute atomic E-state index is 10.3. The van der Waals surface area contributed by atoms with Crippen LogP contribution in [0.15, 0.2) is 24.3 Å². The Morgan fingerprint density at radius 2 is 1.81 bits per heavy atom. The molecule has 4 heteroatoms. The van der Waals surface area contributed by atoms with Gasteiger partial charge in [-0.05, 0) is 17.7 Å². The molecule has 0 fully saturated rings. The summed E-state index contributed by atoms with van der Waals surface area (Å²) in [5.74, 6) is -0.0793. The molecule has 3 nitrogen and oxygen atoms in total. The number of carboxylic acid groups (broad SMARTS) is 1. The molecule has 0 saturated carbocycles. The van der Waals surface area contributed by atoms with Gasteiger partial charge in [0.2, 0.25) is 0 Å². The molecule has 0 spiro atoms. The van der Waals surface area contributed by atoms with E-state index in [1.807, 2.05) is 0 Å². The molecular weight excluding hydrogens is 272 g/mol. The van der Waals surface area contributed by atoms with Crippen LogP contribution in [0.5, 0.6) is 5.75 Å². The van der Waals surface area contributed by atoms with Crippen LogP contribution in [0.4, 0.5) is 0 Å². The second-order valence-electron chi connectivity index (χ2n) is 3.43. The van der Waals surface area contributed by atoms with E-state index in [-0.39, 0.29) is 6.42 Å². The van der Waals surface area contributed by atoms with E-state index in [0.29, 0.717) is 4.83 Å². The van der Waals surface area contributed by atoms with Crippen LogP contribution < -0.4 is 4.74 Å². The van der Waals surface area contributed by atoms with Crippen LogP contribution in [-0.2, 0) is 11.2 Å². The number of ether oxygens (including phenoxy) is 1. The lowest BCUT2D eigenvalue weighted by Gasteiger charge is -1.99. The van der Waals surface area contributed by atoms with Gasteiger partial charge in [0, 0.05) is 4.83 Å². The van der Waals surface area contributed by atoms with Gasteiger partial charge in [0.1, 0.15) is 5.75 Å². The van der Waals surface area contributed by atoms with Crippen molar-refractivity contribution in [2.24, 2.45) is 0 Å². The minimum atomic E-state index is -0.819. The summed E-state index contributed by atoms with van der Waals surface area (Å²) in [6.45, 7) is 4.17. The first-order chi connectivity index (χ1) is 7.45. The third-order valence-electron chi connectivity index (χ3n) is 1.51. The summed E-state index contributed by atoms with van der Waals surface area (Å²) in [5.41, 5.74) is 0.781. The van der Waals surface area contributed by atoms with E-state index in [4.69, 9.17) is 9.84 Å². The van der Waals surface area contributed by atoms with Gasteiger partial charge in [-0.1, -0.05) is 41.9 Å². The van der Waals surface area contributed by atoms with E-state index in [9.17, 15) is 4.79 Å². The van der Waals surface area contributed by atoms with Crippen molar-refractivity contribution in [1.29, 1.82) is 0 Å². The minimum absolute atomic E-state index is 0.0595. The largest absolute Gasteiger partial charge is 0.497 e. The maximum atomic E-state index is 10.3. The SMILES string of the molecule is CC(C)Br.COc1ccc(CC(=O)O)cc1. The van der Waals surface area contributed by atoms with Crippen molar-refractivity contribution in [2.75, 3.05) is 7.11 Å². The number of hydrogen-bond acceptors (Lipinski definition) is 2. The monoisotopic (exact) mass is 288 g/mol. The predicted octanol–water partition coefficient (Wildman–Crippen LogP) is 3.11. The van der Waals surface area contributed by atoms with Crippen molar-refractivity contribution < 1.29 is 14.6 Å². The molecule has 0 amide bonds. The van der Waals surface area contributed by atoms with E-state index >= 15 is 0 Å². The zero-order chi connectivity index (χ0) is 12.6. The molecule has 1 aromatic rings. The highest BCUT2D eigenvalue weighted by atomic mass is 79.9. The lowest BCUT2D eigenvalue weighted by atomic mass is 10.1. The number of hydrogen-bond donors (Lipinski definition) is 1. The number of carbonyl (C=O) groups is 1. The van der Waals surface area contributed by atoms with Gasteiger partial charge in [-0.3, -0.25) is 4.79 Å². The zero-order valence-electron chi connectivity index (χ0n) is 9.74. The van der Waals surface area contributed by atoms with Crippen molar-refractivity contribution in [2.45, 2.75) is 25.1 Å². The smallest absolute Gasteiger partial charge is 0.307 e. The number of methoxy groups -OCH3 is 1. The van der Waals surface area contributed by atoms with Gasteiger partial charge in [-0.2, -0.15) is 0 Å². The molecule has 0 aliphatic rings. The number of aliphatic carboxylic acids is 1. The van der Waals surface area contributed by atoms with Crippen LogP contribution in [-0.4, -0.2) is 23.0 Å². The number of halogens is 1. The van der Waals surface area contributed by atoms with E-state index < -0.39 is 5.97 Å². The third-order valence-corrected chi connectivity index (χ3v) is 1.51. The van der Waals surface area contributed by atoms with Gasteiger partial charge in [-0.25, -0.2) is 0 Å². The van der Waals surface area contributed by atoms with Crippen LogP contribution in [0, 0.1) is 0 Å². The van der Waals surface area contributed by atoms with E-state index in [0.717, 1.165) is 11.3 Å². The van der Waals surface area contributed by atoms with Crippen molar-refractivity contribution in [3.05, 3.63) is 29.8 Å². The summed E-state index contributed by atoms with van der Waals surface area (Å²) < 4.78 is 4.93. The van der Waals surface area contributed by atoms with Crippen molar-refractivity contribution in [1.82, 2.24) is 0 Å². The highest BCUT2D eigenvalue weighted by Crippen LogP contribution is 2.11. The highest BCUT2D eigenvalue weighted by Gasteiger charge is 1.99. The maximum Gasteiger partial charge on any atom is 0.307 e. The Balaban J connectivity index is 0.000000487. The van der Waals surface area contributed by atoms with Crippen molar-refractivity contribution >= 4 is 21.9 Å². The lowest BCUT2D eigenvalue weighted by Crippen LogP contribution is -1.99. The molecule has 0 unspecified atom stereocenters.